The number of rotatable bonds is 6. The highest BCUT2D eigenvalue weighted by molar-refractivity contribution is 5.85. The van der Waals surface area contributed by atoms with Gasteiger partial charge >= 0.3 is 0 Å². The van der Waals surface area contributed by atoms with Gasteiger partial charge in [0.05, 0.1) is 12.5 Å². The minimum Gasteiger partial charge on any atom is -0.496 e. The van der Waals surface area contributed by atoms with Crippen molar-refractivity contribution in [1.82, 2.24) is 9.80 Å². The Balaban J connectivity index is 1.26. The fraction of sp³-hybridized carbons (Fsp3) is 0.367. The average Bonchev–Trinajstić information content (AvgIpc) is 3.11. The molecule has 0 aliphatic carbocycles. The molecule has 182 valence electrons. The SMILES string of the molecule is COc1ccccc1-c1ccccc1CN1CCC2(CC1)CC(Cc1ccc(F)cc1)N(C)C2=O. The summed E-state index contributed by atoms with van der Waals surface area (Å²) >= 11 is 0. The topological polar surface area (TPSA) is 32.8 Å². The first-order chi connectivity index (χ1) is 17.0. The number of carbonyl (C=O) groups excluding carboxylic acids is 1. The van der Waals surface area contributed by atoms with E-state index >= 15 is 0 Å². The quantitative estimate of drug-likeness (QED) is 0.471. The molecule has 3 aromatic rings. The number of halogens is 1. The first-order valence-electron chi connectivity index (χ1n) is 12.4. The largest absolute Gasteiger partial charge is 0.496 e. The summed E-state index contributed by atoms with van der Waals surface area (Å²) in [6, 6.07) is 23.5. The molecule has 5 rings (SSSR count). The molecule has 0 radical (unpaired) electrons. The van der Waals surface area contributed by atoms with Gasteiger partial charge in [-0.3, -0.25) is 9.69 Å². The highest BCUT2D eigenvalue weighted by Gasteiger charge is 2.51. The second-order valence-corrected chi connectivity index (χ2v) is 10.0. The van der Waals surface area contributed by atoms with Crippen LogP contribution in [-0.2, 0) is 17.8 Å². The van der Waals surface area contributed by atoms with E-state index < -0.39 is 0 Å². The number of methoxy groups -OCH3 is 1. The number of hydrogen-bond acceptors (Lipinski definition) is 3. The number of carbonyl (C=O) groups is 1. The molecule has 1 spiro atoms. The van der Waals surface area contributed by atoms with Crippen LogP contribution in [0.25, 0.3) is 11.1 Å². The summed E-state index contributed by atoms with van der Waals surface area (Å²) in [4.78, 5) is 17.8. The molecule has 0 N–H and O–H groups in total. The Morgan fingerprint density at radius 1 is 0.943 bits per heavy atom. The molecule has 4 nitrogen and oxygen atoms in total. The van der Waals surface area contributed by atoms with Crippen LogP contribution in [0.2, 0.25) is 0 Å². The first-order valence-corrected chi connectivity index (χ1v) is 12.4. The molecule has 3 aromatic carbocycles. The van der Waals surface area contributed by atoms with Crippen molar-refractivity contribution < 1.29 is 13.9 Å². The van der Waals surface area contributed by atoms with Crippen LogP contribution in [0.15, 0.2) is 72.8 Å². The van der Waals surface area contributed by atoms with Crippen molar-refractivity contribution in [1.29, 1.82) is 0 Å². The highest BCUT2D eigenvalue weighted by Crippen LogP contribution is 2.45. The molecule has 2 aliphatic heterocycles. The minimum atomic E-state index is -0.266. The summed E-state index contributed by atoms with van der Waals surface area (Å²) in [5, 5.41) is 0. The van der Waals surface area contributed by atoms with E-state index in [1.54, 1.807) is 7.11 Å². The predicted molar refractivity (Wildman–Crippen MR) is 137 cm³/mol. The molecular formula is C30H33FN2O2. The van der Waals surface area contributed by atoms with E-state index in [-0.39, 0.29) is 23.2 Å². The van der Waals surface area contributed by atoms with Gasteiger partial charge in [0, 0.05) is 25.2 Å². The summed E-state index contributed by atoms with van der Waals surface area (Å²) < 4.78 is 18.9. The van der Waals surface area contributed by atoms with Crippen molar-refractivity contribution in [3.63, 3.8) is 0 Å². The molecular weight excluding hydrogens is 439 g/mol. The smallest absolute Gasteiger partial charge is 0.228 e. The standard InChI is InChI=1S/C30H33FN2O2/c1-32-25(19-22-11-13-24(31)14-12-22)20-30(29(32)34)15-17-33(18-16-30)21-23-7-3-4-8-26(23)27-9-5-6-10-28(27)35-2/h3-14,25H,15-21H2,1-2H3. The molecule has 1 atom stereocenters. The van der Waals surface area contributed by atoms with Crippen molar-refractivity contribution in [3.8, 4) is 16.9 Å². The van der Waals surface area contributed by atoms with Crippen LogP contribution in [0.5, 0.6) is 5.75 Å². The number of para-hydroxylation sites is 1. The van der Waals surface area contributed by atoms with Crippen molar-refractivity contribution in [3.05, 3.63) is 89.7 Å². The predicted octanol–water partition coefficient (Wildman–Crippen LogP) is 5.56. The summed E-state index contributed by atoms with van der Waals surface area (Å²) in [7, 11) is 3.64. The lowest BCUT2D eigenvalue weighted by molar-refractivity contribution is -0.137. The Morgan fingerprint density at radius 2 is 1.60 bits per heavy atom. The van der Waals surface area contributed by atoms with Crippen LogP contribution >= 0.6 is 0 Å². The zero-order chi connectivity index (χ0) is 24.4. The van der Waals surface area contributed by atoms with Gasteiger partial charge in [0.2, 0.25) is 5.91 Å². The zero-order valence-corrected chi connectivity index (χ0v) is 20.5. The van der Waals surface area contributed by atoms with Crippen LogP contribution in [0.1, 0.15) is 30.4 Å². The molecule has 1 amide bonds. The maximum absolute atomic E-state index is 13.3. The van der Waals surface area contributed by atoms with Crippen LogP contribution in [0.3, 0.4) is 0 Å². The van der Waals surface area contributed by atoms with Crippen molar-refractivity contribution in [2.24, 2.45) is 5.41 Å². The van der Waals surface area contributed by atoms with Crippen LogP contribution < -0.4 is 4.74 Å². The molecule has 5 heteroatoms. The number of amides is 1. The highest BCUT2D eigenvalue weighted by atomic mass is 19.1. The second-order valence-electron chi connectivity index (χ2n) is 10.0. The molecule has 2 saturated heterocycles. The lowest BCUT2D eigenvalue weighted by atomic mass is 9.75. The lowest BCUT2D eigenvalue weighted by Crippen LogP contribution is -2.43. The molecule has 35 heavy (non-hydrogen) atoms. The molecule has 0 aromatic heterocycles. The number of likely N-dealkylation sites (N-methyl/N-ethyl adjacent to an activating group) is 1. The number of nitrogens with zero attached hydrogens (tertiary/aromatic N) is 2. The Kier molecular flexibility index (Phi) is 6.61. The summed E-state index contributed by atoms with van der Waals surface area (Å²) in [6.45, 7) is 2.67. The molecule has 2 aliphatic rings. The van der Waals surface area contributed by atoms with Gasteiger partial charge in [-0.05, 0) is 73.7 Å². The fourth-order valence-corrected chi connectivity index (χ4v) is 5.90. The van der Waals surface area contributed by atoms with E-state index in [9.17, 15) is 9.18 Å². The number of likely N-dealkylation sites (tertiary alicyclic amines) is 2. The Morgan fingerprint density at radius 3 is 2.31 bits per heavy atom. The molecule has 2 heterocycles. The monoisotopic (exact) mass is 472 g/mol. The van der Waals surface area contributed by atoms with Gasteiger partial charge in [0.15, 0.2) is 0 Å². The third-order valence-corrected chi connectivity index (χ3v) is 7.95. The molecule has 0 saturated carbocycles. The van der Waals surface area contributed by atoms with Crippen LogP contribution in [-0.4, -0.2) is 49.0 Å². The molecule has 2 fully saturated rings. The van der Waals surface area contributed by atoms with Gasteiger partial charge in [-0.15, -0.1) is 0 Å². The zero-order valence-electron chi connectivity index (χ0n) is 20.5. The van der Waals surface area contributed by atoms with Crippen LogP contribution in [0.4, 0.5) is 4.39 Å². The Labute approximate surface area is 207 Å². The number of ether oxygens (including phenoxy) is 1. The van der Waals surface area contributed by atoms with Gasteiger partial charge in [-0.2, -0.15) is 0 Å². The third-order valence-electron chi connectivity index (χ3n) is 7.95. The van der Waals surface area contributed by atoms with Gasteiger partial charge in [0.25, 0.3) is 0 Å². The first kappa shape index (κ1) is 23.6. The minimum absolute atomic E-state index is 0.172. The van der Waals surface area contributed by atoms with Gasteiger partial charge in [-0.1, -0.05) is 54.6 Å². The van der Waals surface area contributed by atoms with Crippen molar-refractivity contribution in [2.75, 3.05) is 27.2 Å². The summed E-state index contributed by atoms with van der Waals surface area (Å²) in [5.41, 5.74) is 4.39. The normalized spacial score (nSPS) is 19.9. The number of piperidine rings is 1. The fourth-order valence-electron chi connectivity index (χ4n) is 5.90. The van der Waals surface area contributed by atoms with E-state index in [1.165, 1.54) is 23.3 Å². The average molecular weight is 473 g/mol. The van der Waals surface area contributed by atoms with E-state index in [0.29, 0.717) is 0 Å². The van der Waals surface area contributed by atoms with E-state index in [0.717, 1.165) is 62.2 Å². The van der Waals surface area contributed by atoms with Gasteiger partial charge < -0.3 is 9.64 Å². The van der Waals surface area contributed by atoms with Gasteiger partial charge in [-0.25, -0.2) is 4.39 Å². The van der Waals surface area contributed by atoms with E-state index in [4.69, 9.17) is 4.74 Å². The maximum Gasteiger partial charge on any atom is 0.228 e. The third kappa shape index (κ3) is 4.70. The summed E-state index contributed by atoms with van der Waals surface area (Å²) in [6.07, 6.45) is 3.42. The maximum atomic E-state index is 13.3. The van der Waals surface area contributed by atoms with Crippen molar-refractivity contribution >= 4 is 5.91 Å². The van der Waals surface area contributed by atoms with Crippen molar-refractivity contribution in [2.45, 2.75) is 38.3 Å². The van der Waals surface area contributed by atoms with E-state index in [2.05, 4.69) is 35.2 Å². The number of hydrogen-bond donors (Lipinski definition) is 0. The Hall–Kier alpha value is -3.18. The molecule has 1 unspecified atom stereocenters. The number of benzene rings is 3. The van der Waals surface area contributed by atoms with E-state index in [1.807, 2.05) is 42.3 Å². The second kappa shape index (κ2) is 9.82. The summed E-state index contributed by atoms with van der Waals surface area (Å²) in [5.74, 6) is 0.934. The Bertz CT molecular complexity index is 1180. The van der Waals surface area contributed by atoms with Gasteiger partial charge in [0.1, 0.15) is 11.6 Å². The lowest BCUT2D eigenvalue weighted by Gasteiger charge is -2.38. The van der Waals surface area contributed by atoms with Crippen LogP contribution in [0, 0.1) is 11.2 Å². The molecule has 0 bridgehead atoms.